The van der Waals surface area contributed by atoms with Crippen LogP contribution in [0.25, 0.3) is 0 Å². The van der Waals surface area contributed by atoms with Crippen LogP contribution in [-0.2, 0) is 19.0 Å². The molecule has 0 amide bonds. The van der Waals surface area contributed by atoms with Crippen molar-refractivity contribution >= 4 is 5.97 Å². The number of esters is 1. The van der Waals surface area contributed by atoms with Gasteiger partial charge in [-0.15, -0.1) is 0 Å². The fraction of sp³-hybridized carbons (Fsp3) is 0.973. The summed E-state index contributed by atoms with van der Waals surface area (Å²) in [4.78, 5) is 12.3. The average molecular weight is 714 g/mol. The summed E-state index contributed by atoms with van der Waals surface area (Å²) in [6.45, 7) is 5.70. The summed E-state index contributed by atoms with van der Waals surface area (Å²) in [5.74, 6) is -0.421. The predicted octanol–water partition coefficient (Wildman–Crippen LogP) is -0.301. The van der Waals surface area contributed by atoms with Crippen molar-refractivity contribution in [2.45, 2.75) is 146 Å². The molecule has 0 aromatic rings. The van der Waals surface area contributed by atoms with Crippen LogP contribution in [-0.4, -0.2) is 134 Å². The maximum absolute atomic E-state index is 12.3. The summed E-state index contributed by atoms with van der Waals surface area (Å²) in [5, 5.41) is 87.0. The van der Waals surface area contributed by atoms with Crippen molar-refractivity contribution in [3.05, 3.63) is 0 Å². The van der Waals surface area contributed by atoms with E-state index >= 15 is 0 Å². The van der Waals surface area contributed by atoms with Gasteiger partial charge in [0, 0.05) is 12.5 Å². The Labute approximate surface area is 295 Å². The molecule has 13 heteroatoms. The van der Waals surface area contributed by atoms with Gasteiger partial charge in [0.15, 0.2) is 0 Å². The number of fused-ring (bicyclic) bond motifs is 5. The summed E-state index contributed by atoms with van der Waals surface area (Å²) in [7, 11) is 1.38. The Kier molecular flexibility index (Phi) is 11.4. The number of hydrogen-bond donors (Lipinski definition) is 9. The van der Waals surface area contributed by atoms with Gasteiger partial charge in [0.1, 0.15) is 48.8 Å². The van der Waals surface area contributed by atoms with E-state index in [0.29, 0.717) is 19.3 Å². The molecule has 13 nitrogen and oxygen atoms in total. The third kappa shape index (κ3) is 6.18. The maximum atomic E-state index is 12.3. The monoisotopic (exact) mass is 713 g/mol. The number of carbonyl (C=O) groups is 1. The van der Waals surface area contributed by atoms with Crippen LogP contribution in [0.2, 0.25) is 0 Å². The smallest absolute Gasteiger partial charge is 0.305 e. The van der Waals surface area contributed by atoms with Crippen LogP contribution in [0.3, 0.4) is 0 Å². The van der Waals surface area contributed by atoms with Crippen molar-refractivity contribution in [3.8, 4) is 0 Å². The molecule has 2 aliphatic heterocycles. The molecule has 0 aromatic heterocycles. The van der Waals surface area contributed by atoms with Gasteiger partial charge in [0.05, 0.1) is 32.5 Å². The molecular weight excluding hydrogens is 650 g/mol. The van der Waals surface area contributed by atoms with Gasteiger partial charge < -0.3 is 60.8 Å². The van der Waals surface area contributed by atoms with Crippen LogP contribution in [0.1, 0.15) is 78.6 Å². The Hall–Kier alpha value is -0.970. The second kappa shape index (κ2) is 14.7. The van der Waals surface area contributed by atoms with Gasteiger partial charge in [-0.1, -0.05) is 20.8 Å². The minimum atomic E-state index is -1.51. The molecule has 4 aliphatic carbocycles. The Balaban J connectivity index is 1.46. The minimum Gasteiger partial charge on any atom is -0.469 e. The number of rotatable bonds is 8. The zero-order chi connectivity index (χ0) is 36.4. The highest BCUT2D eigenvalue weighted by Crippen LogP contribution is 2.72. The number of aliphatic hydroxyl groups excluding tert-OH is 8. The highest BCUT2D eigenvalue weighted by atomic mass is 16.6. The number of aliphatic hydroxyl groups is 8. The molecule has 6 aliphatic rings. The minimum absolute atomic E-state index is 0.00375. The fourth-order valence-corrected chi connectivity index (χ4v) is 12.8. The number of carbonyl (C=O) groups excluding carboxylic acids is 1. The van der Waals surface area contributed by atoms with Gasteiger partial charge in [-0.05, 0) is 110 Å². The van der Waals surface area contributed by atoms with Gasteiger partial charge >= 0.3 is 5.97 Å². The molecule has 6 fully saturated rings. The highest BCUT2D eigenvalue weighted by molar-refractivity contribution is 5.69. The lowest BCUT2D eigenvalue weighted by Gasteiger charge is -2.67. The second-order valence-corrected chi connectivity index (χ2v) is 17.5. The zero-order valence-electron chi connectivity index (χ0n) is 30.0. The molecule has 21 atom stereocenters. The number of methoxy groups -OCH3 is 1. The third-order valence-corrected chi connectivity index (χ3v) is 15.5. The Morgan fingerprint density at radius 3 is 2.00 bits per heavy atom. The topological polar surface area (TPSA) is 233 Å². The van der Waals surface area contributed by atoms with Gasteiger partial charge in [0.2, 0.25) is 0 Å². The Morgan fingerprint density at radius 2 is 1.40 bits per heavy atom. The first-order chi connectivity index (χ1) is 23.6. The lowest BCUT2D eigenvalue weighted by molar-refractivity contribution is -0.287. The van der Waals surface area contributed by atoms with Crippen molar-refractivity contribution in [2.24, 2.45) is 63.9 Å². The van der Waals surface area contributed by atoms with E-state index in [1.165, 1.54) is 7.11 Å². The SMILES string of the molecule is COC(=O)CC[C@@H](C)[C@H]1CC[C@H]2[C@@H]3[C@@H](C4O[C@H](CO)[C@@H](O)[C@H](O)[C@H]4O)C[C@@H]4C[C@H](N)CC[C@]4(C)[C@H]3C[C@@H]([C@@H]3O[C@H](CO)[C@@H](O)[C@H](O)[C@H]3O)[C@]12C. The highest BCUT2D eigenvalue weighted by Gasteiger charge is 2.69. The van der Waals surface area contributed by atoms with E-state index in [0.717, 1.165) is 32.1 Å². The van der Waals surface area contributed by atoms with Crippen LogP contribution in [0.4, 0.5) is 0 Å². The zero-order valence-corrected chi connectivity index (χ0v) is 30.0. The molecule has 4 saturated carbocycles. The molecular formula is C37H63NO12. The van der Waals surface area contributed by atoms with E-state index in [9.17, 15) is 45.6 Å². The third-order valence-electron chi connectivity index (χ3n) is 15.5. The average Bonchev–Trinajstić information content (AvgIpc) is 3.46. The van der Waals surface area contributed by atoms with Crippen molar-refractivity contribution in [1.82, 2.24) is 0 Å². The van der Waals surface area contributed by atoms with E-state index in [1.807, 2.05) is 0 Å². The first kappa shape index (κ1) is 38.7. The molecule has 288 valence electrons. The van der Waals surface area contributed by atoms with Crippen LogP contribution in [0.15, 0.2) is 0 Å². The molecule has 2 saturated heterocycles. The van der Waals surface area contributed by atoms with Crippen LogP contribution in [0, 0.1) is 58.2 Å². The van der Waals surface area contributed by atoms with Crippen molar-refractivity contribution in [1.29, 1.82) is 0 Å². The Bertz CT molecular complexity index is 1190. The molecule has 0 spiro atoms. The number of ether oxygens (including phenoxy) is 3. The quantitative estimate of drug-likeness (QED) is 0.147. The molecule has 50 heavy (non-hydrogen) atoms. The molecule has 6 rings (SSSR count). The normalized spacial score (nSPS) is 54.3. The van der Waals surface area contributed by atoms with Gasteiger partial charge in [-0.25, -0.2) is 0 Å². The lowest BCUT2D eigenvalue weighted by atomic mass is 9.39. The summed E-state index contributed by atoms with van der Waals surface area (Å²) in [5.41, 5.74) is 5.93. The van der Waals surface area contributed by atoms with E-state index in [1.54, 1.807) is 0 Å². The summed E-state index contributed by atoms with van der Waals surface area (Å²) >= 11 is 0. The van der Waals surface area contributed by atoms with E-state index in [2.05, 4.69) is 20.8 Å². The van der Waals surface area contributed by atoms with Gasteiger partial charge in [-0.3, -0.25) is 4.79 Å². The van der Waals surface area contributed by atoms with Crippen LogP contribution >= 0.6 is 0 Å². The molecule has 0 radical (unpaired) electrons. The van der Waals surface area contributed by atoms with Crippen molar-refractivity contribution in [3.63, 3.8) is 0 Å². The molecule has 10 N–H and O–H groups in total. The van der Waals surface area contributed by atoms with Gasteiger partial charge in [-0.2, -0.15) is 0 Å². The number of nitrogens with two attached hydrogens (primary N) is 1. The van der Waals surface area contributed by atoms with Crippen LogP contribution < -0.4 is 5.73 Å². The van der Waals surface area contributed by atoms with Gasteiger partial charge in [0.25, 0.3) is 0 Å². The molecule has 1 unspecified atom stereocenters. The lowest BCUT2D eigenvalue weighted by Crippen LogP contribution is -2.69. The first-order valence-electron chi connectivity index (χ1n) is 19.1. The predicted molar refractivity (Wildman–Crippen MR) is 179 cm³/mol. The van der Waals surface area contributed by atoms with E-state index in [4.69, 9.17) is 19.9 Å². The standard InChI is InChI=1S/C37H63NO12/c1-16(5-8-26(41)48-4)20-6-7-21-27-19(34-32(46)30(44)28(42)24(14-39)49-34)12-17-11-18(38)9-10-36(17,2)22(27)13-23(37(20,21)3)35-33(47)31(45)29(43)25(15-40)50-35/h16-25,27-35,39-40,42-47H,5-15,38H2,1-4H3/t16-,17+,18-,19+,20-,21+,22+,23+,24-,25-,27+,28-,29-,30+,31+,32-,33-,34?,35+,36+,37-/m1/s1. The number of hydrogen-bond acceptors (Lipinski definition) is 13. The van der Waals surface area contributed by atoms with Crippen LogP contribution in [0.5, 0.6) is 0 Å². The van der Waals surface area contributed by atoms with E-state index < -0.39 is 79.7 Å². The second-order valence-electron chi connectivity index (χ2n) is 17.5. The van der Waals surface area contributed by atoms with Crippen molar-refractivity contribution < 1.29 is 59.9 Å². The molecule has 0 bridgehead atoms. The summed E-state index contributed by atoms with van der Waals surface area (Å²) in [6, 6.07) is 0.0155. The summed E-state index contributed by atoms with van der Waals surface area (Å²) < 4.78 is 17.7. The maximum Gasteiger partial charge on any atom is 0.305 e. The Morgan fingerprint density at radius 1 is 0.800 bits per heavy atom. The summed E-state index contributed by atoms with van der Waals surface area (Å²) in [6.07, 6.45) is -6.11. The molecule has 2 heterocycles. The molecule has 0 aromatic carbocycles. The fourth-order valence-electron chi connectivity index (χ4n) is 12.8. The first-order valence-corrected chi connectivity index (χ1v) is 19.1. The largest absolute Gasteiger partial charge is 0.469 e. The van der Waals surface area contributed by atoms with Crippen molar-refractivity contribution in [2.75, 3.05) is 20.3 Å². The van der Waals surface area contributed by atoms with E-state index in [-0.39, 0.29) is 71.2 Å².